The molecule has 0 saturated heterocycles. The number of ether oxygens (including phenoxy) is 1. The van der Waals surface area contributed by atoms with Crippen LogP contribution in [0.4, 0.5) is 10.1 Å². The number of nitrogens with one attached hydrogen (secondary N) is 1. The molecule has 3 aromatic rings. The number of anilines is 1. The standard InChI is InChI=1S/C23H21BrClFN2O4S/c1-3-15-5-4-14(9-20(15)32-21-12-16(24)11-18(26)23(21)25)10-22(29)28-19-7-6-17(8-13(19)2)33(27,30)31/h4-9,11-12H,3,10H2,1-2H3,(H,28,29)(H2,27,30,31). The Morgan fingerprint density at radius 1 is 1.15 bits per heavy atom. The molecule has 3 aromatic carbocycles. The molecule has 0 aromatic heterocycles. The zero-order valence-electron chi connectivity index (χ0n) is 17.8. The first-order valence-electron chi connectivity index (χ1n) is 9.85. The number of sulfonamides is 1. The molecule has 0 spiro atoms. The highest BCUT2D eigenvalue weighted by molar-refractivity contribution is 9.10. The molecule has 6 nitrogen and oxygen atoms in total. The van der Waals surface area contributed by atoms with E-state index in [2.05, 4.69) is 21.2 Å². The lowest BCUT2D eigenvalue weighted by Gasteiger charge is -2.14. The molecule has 0 aliphatic rings. The van der Waals surface area contributed by atoms with Gasteiger partial charge in [0.15, 0.2) is 0 Å². The van der Waals surface area contributed by atoms with Crippen LogP contribution in [0.15, 0.2) is 57.9 Å². The van der Waals surface area contributed by atoms with E-state index in [1.807, 2.05) is 19.1 Å². The predicted molar refractivity (Wildman–Crippen MR) is 130 cm³/mol. The molecule has 0 radical (unpaired) electrons. The van der Waals surface area contributed by atoms with E-state index < -0.39 is 15.8 Å². The molecule has 0 atom stereocenters. The highest BCUT2D eigenvalue weighted by Crippen LogP contribution is 2.36. The molecule has 0 heterocycles. The smallest absolute Gasteiger partial charge is 0.238 e. The van der Waals surface area contributed by atoms with E-state index in [-0.39, 0.29) is 28.0 Å². The summed E-state index contributed by atoms with van der Waals surface area (Å²) in [4.78, 5) is 12.6. The second kappa shape index (κ2) is 10.2. The number of amides is 1. The van der Waals surface area contributed by atoms with Crippen molar-refractivity contribution in [3.8, 4) is 11.5 Å². The molecule has 174 valence electrons. The minimum absolute atomic E-state index is 0.0300. The number of hydrogen-bond acceptors (Lipinski definition) is 4. The minimum atomic E-state index is -3.83. The number of primary sulfonamides is 1. The molecular formula is C23H21BrClFN2O4S. The number of carbonyl (C=O) groups is 1. The van der Waals surface area contributed by atoms with Crippen molar-refractivity contribution in [1.29, 1.82) is 0 Å². The zero-order valence-corrected chi connectivity index (χ0v) is 20.9. The molecule has 3 N–H and O–H groups in total. The third kappa shape index (κ3) is 6.32. The fourth-order valence-electron chi connectivity index (χ4n) is 3.15. The van der Waals surface area contributed by atoms with Crippen molar-refractivity contribution in [2.45, 2.75) is 31.6 Å². The van der Waals surface area contributed by atoms with E-state index in [1.165, 1.54) is 24.3 Å². The van der Waals surface area contributed by atoms with E-state index >= 15 is 0 Å². The van der Waals surface area contributed by atoms with Gasteiger partial charge < -0.3 is 10.1 Å². The Bertz CT molecular complexity index is 1330. The molecular weight excluding hydrogens is 535 g/mol. The number of hydrogen-bond donors (Lipinski definition) is 2. The maximum atomic E-state index is 14.0. The molecule has 0 aliphatic carbocycles. The first-order valence-corrected chi connectivity index (χ1v) is 12.6. The lowest BCUT2D eigenvalue weighted by atomic mass is 10.1. The van der Waals surface area contributed by atoms with Crippen LogP contribution >= 0.6 is 27.5 Å². The van der Waals surface area contributed by atoms with Gasteiger partial charge in [-0.05, 0) is 66.4 Å². The van der Waals surface area contributed by atoms with Crippen LogP contribution in [0.25, 0.3) is 0 Å². The summed E-state index contributed by atoms with van der Waals surface area (Å²) in [5, 5.41) is 7.77. The largest absolute Gasteiger partial charge is 0.455 e. The highest BCUT2D eigenvalue weighted by atomic mass is 79.9. The predicted octanol–water partition coefficient (Wildman–Crippen LogP) is 5.73. The van der Waals surface area contributed by atoms with Gasteiger partial charge in [0.05, 0.1) is 11.3 Å². The van der Waals surface area contributed by atoms with Gasteiger partial charge in [-0.2, -0.15) is 0 Å². The SMILES string of the molecule is CCc1ccc(CC(=O)Nc2ccc(S(N)(=O)=O)cc2C)cc1Oc1cc(Br)cc(F)c1Cl. The Labute approximate surface area is 205 Å². The average molecular weight is 556 g/mol. The first-order chi connectivity index (χ1) is 15.5. The first kappa shape index (κ1) is 25.2. The number of aryl methyl sites for hydroxylation is 2. The summed E-state index contributed by atoms with van der Waals surface area (Å²) in [7, 11) is -3.83. The Kier molecular flexibility index (Phi) is 7.79. The zero-order chi connectivity index (χ0) is 24.3. The van der Waals surface area contributed by atoms with Gasteiger partial charge in [-0.15, -0.1) is 0 Å². The second-order valence-corrected chi connectivity index (χ2v) is 10.2. The van der Waals surface area contributed by atoms with Crippen LogP contribution in [0.1, 0.15) is 23.6 Å². The fourth-order valence-corrected chi connectivity index (χ4v) is 4.31. The van der Waals surface area contributed by atoms with Gasteiger partial charge in [-0.1, -0.05) is 46.6 Å². The summed E-state index contributed by atoms with van der Waals surface area (Å²) in [5.41, 5.74) is 2.58. The summed E-state index contributed by atoms with van der Waals surface area (Å²) in [6, 6.07) is 12.4. The van der Waals surface area contributed by atoms with Crippen molar-refractivity contribution in [2.75, 3.05) is 5.32 Å². The van der Waals surface area contributed by atoms with Gasteiger partial charge in [0.2, 0.25) is 15.9 Å². The lowest BCUT2D eigenvalue weighted by Crippen LogP contribution is -2.16. The van der Waals surface area contributed by atoms with E-state index in [0.29, 0.717) is 33.5 Å². The highest BCUT2D eigenvalue weighted by Gasteiger charge is 2.15. The number of carbonyl (C=O) groups excluding carboxylic acids is 1. The lowest BCUT2D eigenvalue weighted by molar-refractivity contribution is -0.115. The molecule has 0 bridgehead atoms. The van der Waals surface area contributed by atoms with Gasteiger partial charge in [-0.25, -0.2) is 17.9 Å². The summed E-state index contributed by atoms with van der Waals surface area (Å²) in [5.74, 6) is -0.289. The maximum Gasteiger partial charge on any atom is 0.238 e. The molecule has 0 unspecified atom stereocenters. The van der Waals surface area contributed by atoms with Crippen molar-refractivity contribution in [1.82, 2.24) is 0 Å². The van der Waals surface area contributed by atoms with E-state index in [0.717, 1.165) is 5.56 Å². The Morgan fingerprint density at radius 2 is 1.88 bits per heavy atom. The number of rotatable bonds is 7. The quantitative estimate of drug-likeness (QED) is 0.364. The Balaban J connectivity index is 1.80. The molecule has 0 aliphatic heterocycles. The van der Waals surface area contributed by atoms with E-state index in [1.54, 1.807) is 19.1 Å². The average Bonchev–Trinajstić information content (AvgIpc) is 2.72. The van der Waals surface area contributed by atoms with Crippen LogP contribution in [0.3, 0.4) is 0 Å². The van der Waals surface area contributed by atoms with E-state index in [9.17, 15) is 17.6 Å². The molecule has 3 rings (SSSR count). The maximum absolute atomic E-state index is 14.0. The number of halogens is 3. The van der Waals surface area contributed by atoms with Crippen LogP contribution in [0, 0.1) is 12.7 Å². The second-order valence-electron chi connectivity index (χ2n) is 7.34. The normalized spacial score (nSPS) is 11.3. The summed E-state index contributed by atoms with van der Waals surface area (Å²) in [6.07, 6.45) is 0.697. The van der Waals surface area contributed by atoms with Crippen molar-refractivity contribution in [2.24, 2.45) is 5.14 Å². The molecule has 0 fully saturated rings. The van der Waals surface area contributed by atoms with Gasteiger partial charge in [-0.3, -0.25) is 4.79 Å². The minimum Gasteiger partial charge on any atom is -0.455 e. The van der Waals surface area contributed by atoms with Gasteiger partial charge in [0.1, 0.15) is 22.3 Å². The third-order valence-corrected chi connectivity index (χ3v) is 6.59. The van der Waals surface area contributed by atoms with Crippen LogP contribution in [0.5, 0.6) is 11.5 Å². The van der Waals surface area contributed by atoms with Crippen molar-refractivity contribution < 1.29 is 22.3 Å². The summed E-state index contributed by atoms with van der Waals surface area (Å²) in [6.45, 7) is 3.62. The van der Waals surface area contributed by atoms with Crippen LogP contribution in [-0.4, -0.2) is 14.3 Å². The number of nitrogens with two attached hydrogens (primary N) is 1. The van der Waals surface area contributed by atoms with Crippen molar-refractivity contribution >= 4 is 49.1 Å². The van der Waals surface area contributed by atoms with E-state index in [4.69, 9.17) is 21.5 Å². The number of benzene rings is 3. The summed E-state index contributed by atoms with van der Waals surface area (Å²) < 4.78 is 43.3. The topological polar surface area (TPSA) is 98.5 Å². The fraction of sp³-hybridized carbons (Fsp3) is 0.174. The van der Waals surface area contributed by atoms with Crippen LogP contribution in [0.2, 0.25) is 5.02 Å². The molecule has 0 saturated carbocycles. The Hall–Kier alpha value is -2.46. The van der Waals surface area contributed by atoms with Gasteiger partial charge in [0, 0.05) is 10.2 Å². The van der Waals surface area contributed by atoms with Gasteiger partial charge >= 0.3 is 0 Å². The van der Waals surface area contributed by atoms with Gasteiger partial charge in [0.25, 0.3) is 0 Å². The van der Waals surface area contributed by atoms with Crippen LogP contribution < -0.4 is 15.2 Å². The third-order valence-electron chi connectivity index (χ3n) is 4.86. The van der Waals surface area contributed by atoms with Crippen LogP contribution in [-0.2, 0) is 27.7 Å². The molecule has 33 heavy (non-hydrogen) atoms. The van der Waals surface area contributed by atoms with Crippen molar-refractivity contribution in [3.63, 3.8) is 0 Å². The molecule has 1 amide bonds. The van der Waals surface area contributed by atoms with Crippen molar-refractivity contribution in [3.05, 3.63) is 80.5 Å². The monoisotopic (exact) mass is 554 g/mol. The summed E-state index contributed by atoms with van der Waals surface area (Å²) >= 11 is 9.27. The Morgan fingerprint density at radius 3 is 2.52 bits per heavy atom. The molecule has 10 heteroatoms.